The third-order valence-corrected chi connectivity index (χ3v) is 2.77. The second-order valence-corrected chi connectivity index (χ2v) is 3.87. The normalized spacial score (nSPS) is 12.3. The summed E-state index contributed by atoms with van der Waals surface area (Å²) in [6, 6.07) is 21.2. The second-order valence-electron chi connectivity index (χ2n) is 3.87. The Balaban J connectivity index is 2.13. The van der Waals surface area contributed by atoms with Gasteiger partial charge >= 0.3 is 0 Å². The summed E-state index contributed by atoms with van der Waals surface area (Å²) in [5.74, 6) is 0. The van der Waals surface area contributed by atoms with E-state index >= 15 is 0 Å². The van der Waals surface area contributed by atoms with Crippen molar-refractivity contribution in [3.8, 4) is 0 Å². The van der Waals surface area contributed by atoms with Gasteiger partial charge in [0.1, 0.15) is 0 Å². The van der Waals surface area contributed by atoms with Crippen molar-refractivity contribution in [2.24, 2.45) is 0 Å². The molecule has 0 saturated heterocycles. The van der Waals surface area contributed by atoms with E-state index in [2.05, 4.69) is 53.8 Å². The Kier molecular flexibility index (Phi) is 3.73. The Hall–Kier alpha value is -1.60. The molecule has 1 heteroatoms. The predicted octanol–water partition coefficient (Wildman–Crippen LogP) is 3.97. The zero-order valence-electron chi connectivity index (χ0n) is 9.51. The Morgan fingerprint density at radius 3 is 2.00 bits per heavy atom. The summed E-state index contributed by atoms with van der Waals surface area (Å²) in [5, 5.41) is 4.45. The minimum Gasteiger partial charge on any atom is -0.658 e. The maximum atomic E-state index is 4.45. The minimum atomic E-state index is 0.267. The fourth-order valence-corrected chi connectivity index (χ4v) is 1.87. The molecule has 1 unspecified atom stereocenters. The molecule has 2 rings (SSSR count). The molecular weight excluding hydrogens is 194 g/mol. The van der Waals surface area contributed by atoms with Gasteiger partial charge in [0.05, 0.1) is 0 Å². The number of benzene rings is 2. The molecule has 82 valence electrons. The first-order valence-electron chi connectivity index (χ1n) is 5.58. The van der Waals surface area contributed by atoms with E-state index in [1.807, 2.05) is 19.2 Å². The van der Waals surface area contributed by atoms with E-state index in [9.17, 15) is 0 Å². The van der Waals surface area contributed by atoms with Gasteiger partial charge in [-0.1, -0.05) is 66.2 Å². The van der Waals surface area contributed by atoms with Crippen LogP contribution in [0.2, 0.25) is 0 Å². The Labute approximate surface area is 97.1 Å². The molecule has 1 atom stereocenters. The van der Waals surface area contributed by atoms with Gasteiger partial charge in [-0.15, -0.1) is 6.04 Å². The first kappa shape index (κ1) is 10.9. The summed E-state index contributed by atoms with van der Waals surface area (Å²) in [5.41, 5.74) is 2.62. The van der Waals surface area contributed by atoms with Crippen molar-refractivity contribution in [2.75, 3.05) is 7.05 Å². The minimum absolute atomic E-state index is 0.267. The Bertz CT molecular complexity index is 408. The van der Waals surface area contributed by atoms with E-state index in [4.69, 9.17) is 0 Å². The molecule has 16 heavy (non-hydrogen) atoms. The number of hydrogen-bond donors (Lipinski definition) is 0. The second kappa shape index (κ2) is 5.47. The SMILES string of the molecule is C[N-]C(Cc1ccccc1)c1ccccc1. The van der Waals surface area contributed by atoms with E-state index < -0.39 is 0 Å². The number of nitrogens with zero attached hydrogens (tertiary/aromatic N) is 1. The van der Waals surface area contributed by atoms with E-state index in [-0.39, 0.29) is 6.04 Å². The lowest BCUT2D eigenvalue weighted by Crippen LogP contribution is -2.00. The van der Waals surface area contributed by atoms with Crippen LogP contribution in [0.3, 0.4) is 0 Å². The quantitative estimate of drug-likeness (QED) is 0.725. The lowest BCUT2D eigenvalue weighted by Gasteiger charge is -2.28. The van der Waals surface area contributed by atoms with Crippen molar-refractivity contribution in [3.05, 3.63) is 77.1 Å². The molecule has 0 aliphatic carbocycles. The Morgan fingerprint density at radius 2 is 1.44 bits per heavy atom. The van der Waals surface area contributed by atoms with E-state index in [1.54, 1.807) is 0 Å². The van der Waals surface area contributed by atoms with Crippen molar-refractivity contribution in [2.45, 2.75) is 12.5 Å². The molecule has 2 aromatic carbocycles. The van der Waals surface area contributed by atoms with Crippen molar-refractivity contribution in [1.29, 1.82) is 0 Å². The highest BCUT2D eigenvalue weighted by atomic mass is 14.9. The van der Waals surface area contributed by atoms with E-state index in [1.165, 1.54) is 11.1 Å². The van der Waals surface area contributed by atoms with Crippen LogP contribution in [0.25, 0.3) is 5.32 Å². The molecule has 0 spiro atoms. The third kappa shape index (κ3) is 2.71. The molecule has 0 radical (unpaired) electrons. The van der Waals surface area contributed by atoms with Gasteiger partial charge in [0.25, 0.3) is 0 Å². The average Bonchev–Trinajstić information content (AvgIpc) is 2.38. The largest absolute Gasteiger partial charge is 0.658 e. The first-order chi connectivity index (χ1) is 7.90. The molecule has 0 aromatic heterocycles. The molecule has 0 saturated carbocycles. The van der Waals surface area contributed by atoms with Crippen LogP contribution in [0, 0.1) is 0 Å². The van der Waals surface area contributed by atoms with E-state index in [0.29, 0.717) is 0 Å². The summed E-state index contributed by atoms with van der Waals surface area (Å²) < 4.78 is 0. The van der Waals surface area contributed by atoms with Gasteiger partial charge in [-0.3, -0.25) is 0 Å². The molecule has 0 N–H and O–H groups in total. The predicted molar refractivity (Wildman–Crippen MR) is 68.6 cm³/mol. The standard InChI is InChI=1S/C15H16N/c1-16-15(14-10-6-3-7-11-14)12-13-8-4-2-5-9-13/h2-11,15H,12H2,1H3/q-1. The number of rotatable bonds is 4. The zero-order valence-corrected chi connectivity index (χ0v) is 9.51. The zero-order chi connectivity index (χ0) is 11.2. The number of likely N-dealkylation sites (N-methyl/N-ethyl adjacent to an activating group) is 1. The van der Waals surface area contributed by atoms with Crippen molar-refractivity contribution in [3.63, 3.8) is 0 Å². The average molecular weight is 210 g/mol. The third-order valence-electron chi connectivity index (χ3n) is 2.77. The summed E-state index contributed by atoms with van der Waals surface area (Å²) in [7, 11) is 1.89. The number of hydrogen-bond acceptors (Lipinski definition) is 0. The van der Waals surface area contributed by atoms with Crippen LogP contribution in [-0.4, -0.2) is 7.05 Å². The molecule has 2 aromatic rings. The lowest BCUT2D eigenvalue weighted by molar-refractivity contribution is 0.799. The van der Waals surface area contributed by atoms with Gasteiger partial charge in [0.2, 0.25) is 0 Å². The molecule has 0 heterocycles. The van der Waals surface area contributed by atoms with Gasteiger partial charge in [-0.25, -0.2) is 0 Å². The van der Waals surface area contributed by atoms with Crippen LogP contribution in [-0.2, 0) is 6.42 Å². The van der Waals surface area contributed by atoms with Crippen LogP contribution < -0.4 is 0 Å². The fraction of sp³-hybridized carbons (Fsp3) is 0.200. The highest BCUT2D eigenvalue weighted by Crippen LogP contribution is 2.24. The molecule has 0 aliphatic heterocycles. The molecule has 1 nitrogen and oxygen atoms in total. The molecule has 0 aliphatic rings. The highest BCUT2D eigenvalue weighted by molar-refractivity contribution is 5.27. The summed E-state index contributed by atoms with van der Waals surface area (Å²) >= 11 is 0. The van der Waals surface area contributed by atoms with Gasteiger partial charge in [-0.2, -0.15) is 7.05 Å². The van der Waals surface area contributed by atoms with Crippen molar-refractivity contribution >= 4 is 0 Å². The highest BCUT2D eigenvalue weighted by Gasteiger charge is 2.01. The molecule has 0 bridgehead atoms. The first-order valence-corrected chi connectivity index (χ1v) is 5.58. The van der Waals surface area contributed by atoms with Crippen LogP contribution in [0.1, 0.15) is 17.2 Å². The smallest absolute Gasteiger partial charge is 0.0400 e. The maximum absolute atomic E-state index is 4.45. The van der Waals surface area contributed by atoms with Gasteiger partial charge in [-0.05, 0) is 12.0 Å². The molecular formula is C15H16N-. The van der Waals surface area contributed by atoms with E-state index in [0.717, 1.165) is 6.42 Å². The molecule has 0 fully saturated rings. The van der Waals surface area contributed by atoms with Crippen LogP contribution in [0.15, 0.2) is 60.7 Å². The lowest BCUT2D eigenvalue weighted by atomic mass is 9.99. The van der Waals surface area contributed by atoms with Gasteiger partial charge < -0.3 is 5.32 Å². The van der Waals surface area contributed by atoms with Crippen molar-refractivity contribution in [1.82, 2.24) is 0 Å². The van der Waals surface area contributed by atoms with Gasteiger partial charge in [0.15, 0.2) is 0 Å². The fourth-order valence-electron chi connectivity index (χ4n) is 1.87. The molecule has 0 amide bonds. The van der Waals surface area contributed by atoms with Crippen LogP contribution in [0.4, 0.5) is 0 Å². The monoisotopic (exact) mass is 210 g/mol. The van der Waals surface area contributed by atoms with Crippen LogP contribution in [0.5, 0.6) is 0 Å². The topological polar surface area (TPSA) is 14.1 Å². The summed E-state index contributed by atoms with van der Waals surface area (Å²) in [6.07, 6.45) is 0.974. The summed E-state index contributed by atoms with van der Waals surface area (Å²) in [6.45, 7) is 0. The maximum Gasteiger partial charge on any atom is -0.0400 e. The van der Waals surface area contributed by atoms with Crippen LogP contribution >= 0.6 is 0 Å². The van der Waals surface area contributed by atoms with Crippen molar-refractivity contribution < 1.29 is 0 Å². The Morgan fingerprint density at radius 1 is 0.875 bits per heavy atom. The summed E-state index contributed by atoms with van der Waals surface area (Å²) in [4.78, 5) is 0. The van der Waals surface area contributed by atoms with Gasteiger partial charge in [0, 0.05) is 0 Å².